The molecule has 2 fully saturated rings. The molecule has 0 saturated carbocycles. The molecular weight excluding hydrogens is 309 g/mol. The van der Waals surface area contributed by atoms with Gasteiger partial charge in [-0.2, -0.15) is 13.2 Å². The minimum absolute atomic E-state index is 0.0420. The van der Waals surface area contributed by atoms with Gasteiger partial charge in [0.25, 0.3) is 5.91 Å². The molecule has 0 aliphatic carbocycles. The summed E-state index contributed by atoms with van der Waals surface area (Å²) < 4.78 is 43.0. The zero-order valence-corrected chi connectivity index (χ0v) is 12.5. The van der Waals surface area contributed by atoms with Gasteiger partial charge in [0, 0.05) is 18.1 Å². The molecule has 2 heterocycles. The highest BCUT2D eigenvalue weighted by Gasteiger charge is 2.34. The fourth-order valence-corrected chi connectivity index (χ4v) is 3.36. The van der Waals surface area contributed by atoms with Gasteiger partial charge < -0.3 is 15.4 Å². The molecule has 7 heteroatoms. The van der Waals surface area contributed by atoms with Gasteiger partial charge in [0.05, 0.1) is 5.56 Å². The minimum atomic E-state index is -4.42. The van der Waals surface area contributed by atoms with Gasteiger partial charge >= 0.3 is 6.18 Å². The molecule has 3 rings (SSSR count). The van der Waals surface area contributed by atoms with Crippen LogP contribution < -0.4 is 15.4 Å². The third-order valence-corrected chi connectivity index (χ3v) is 4.37. The number of ether oxygens (including phenoxy) is 1. The molecule has 2 aliphatic heterocycles. The quantitative estimate of drug-likeness (QED) is 0.893. The van der Waals surface area contributed by atoms with Crippen molar-refractivity contribution in [3.05, 3.63) is 29.8 Å². The van der Waals surface area contributed by atoms with Crippen LogP contribution in [0.25, 0.3) is 0 Å². The molecule has 126 valence electrons. The molecule has 0 radical (unpaired) electrons. The molecular formula is C16H19F3N2O2. The smallest absolute Gasteiger partial charge is 0.416 e. The third kappa shape index (κ3) is 4.16. The Hall–Kier alpha value is -1.76. The van der Waals surface area contributed by atoms with Gasteiger partial charge in [0.1, 0.15) is 5.75 Å². The van der Waals surface area contributed by atoms with Crippen molar-refractivity contribution in [3.8, 4) is 5.75 Å². The number of rotatable bonds is 4. The molecule has 2 bridgehead atoms. The summed E-state index contributed by atoms with van der Waals surface area (Å²) in [6.45, 7) is -0.277. The van der Waals surface area contributed by atoms with Crippen molar-refractivity contribution in [1.29, 1.82) is 0 Å². The molecule has 0 spiro atoms. The number of carbonyl (C=O) groups is 1. The van der Waals surface area contributed by atoms with Crippen molar-refractivity contribution >= 4 is 5.91 Å². The van der Waals surface area contributed by atoms with E-state index in [1.807, 2.05) is 0 Å². The van der Waals surface area contributed by atoms with Crippen LogP contribution in [0.1, 0.15) is 31.2 Å². The number of halogens is 3. The van der Waals surface area contributed by atoms with Crippen molar-refractivity contribution in [1.82, 2.24) is 10.6 Å². The maximum Gasteiger partial charge on any atom is 0.416 e. The number of fused-ring (bicyclic) bond motifs is 2. The number of nitrogens with one attached hydrogen (secondary N) is 2. The maximum atomic E-state index is 12.6. The van der Waals surface area contributed by atoms with Gasteiger partial charge in [0.2, 0.25) is 0 Å². The molecule has 2 saturated heterocycles. The van der Waals surface area contributed by atoms with E-state index in [-0.39, 0.29) is 24.3 Å². The van der Waals surface area contributed by atoms with E-state index in [1.165, 1.54) is 12.1 Å². The van der Waals surface area contributed by atoms with Crippen LogP contribution in [0.15, 0.2) is 24.3 Å². The van der Waals surface area contributed by atoms with Gasteiger partial charge in [0.15, 0.2) is 6.61 Å². The monoisotopic (exact) mass is 328 g/mol. The van der Waals surface area contributed by atoms with Crippen molar-refractivity contribution in [3.63, 3.8) is 0 Å². The van der Waals surface area contributed by atoms with Gasteiger partial charge in [-0.3, -0.25) is 4.79 Å². The molecule has 2 N–H and O–H groups in total. The Balaban J connectivity index is 1.49. The standard InChI is InChI=1S/C16H19F3N2O2/c17-16(18,19)10-2-1-3-14(6-10)23-9-15(22)21-13-7-11-4-5-12(8-13)20-11/h1-3,6,11-13,20H,4-5,7-9H2,(H,21,22). The third-order valence-electron chi connectivity index (χ3n) is 4.37. The van der Waals surface area contributed by atoms with E-state index in [4.69, 9.17) is 4.74 Å². The Kier molecular flexibility index (Phi) is 4.48. The van der Waals surface area contributed by atoms with Gasteiger partial charge in [-0.25, -0.2) is 0 Å². The van der Waals surface area contributed by atoms with Gasteiger partial charge in [-0.15, -0.1) is 0 Å². The van der Waals surface area contributed by atoms with Crippen molar-refractivity contribution in [2.75, 3.05) is 6.61 Å². The van der Waals surface area contributed by atoms with Crippen molar-refractivity contribution < 1.29 is 22.7 Å². The number of benzene rings is 1. The van der Waals surface area contributed by atoms with Crippen LogP contribution in [0.3, 0.4) is 0 Å². The SMILES string of the molecule is O=C(COc1cccc(C(F)(F)F)c1)NC1CC2CCC(C1)N2. The lowest BCUT2D eigenvalue weighted by Crippen LogP contribution is -2.48. The topological polar surface area (TPSA) is 50.4 Å². The fourth-order valence-electron chi connectivity index (χ4n) is 3.36. The summed E-state index contributed by atoms with van der Waals surface area (Å²) in [7, 11) is 0. The second-order valence-corrected chi connectivity index (χ2v) is 6.19. The lowest BCUT2D eigenvalue weighted by molar-refractivity contribution is -0.137. The Morgan fingerprint density at radius 1 is 1.26 bits per heavy atom. The first kappa shape index (κ1) is 16.1. The van der Waals surface area contributed by atoms with Crippen LogP contribution in [0.4, 0.5) is 13.2 Å². The fraction of sp³-hybridized carbons (Fsp3) is 0.562. The van der Waals surface area contributed by atoms with Crippen molar-refractivity contribution in [2.24, 2.45) is 0 Å². The molecule has 2 aliphatic rings. The van der Waals surface area contributed by atoms with Crippen LogP contribution in [0.5, 0.6) is 5.75 Å². The first-order chi connectivity index (χ1) is 10.9. The predicted octanol–water partition coefficient (Wildman–Crippen LogP) is 2.48. The van der Waals surface area contributed by atoms with E-state index in [9.17, 15) is 18.0 Å². The minimum Gasteiger partial charge on any atom is -0.484 e. The number of alkyl halides is 3. The highest BCUT2D eigenvalue weighted by atomic mass is 19.4. The molecule has 1 aromatic carbocycles. The zero-order chi connectivity index (χ0) is 16.4. The lowest BCUT2D eigenvalue weighted by Gasteiger charge is -2.29. The van der Waals surface area contributed by atoms with Crippen LogP contribution in [-0.2, 0) is 11.0 Å². The molecule has 1 amide bonds. The van der Waals surface area contributed by atoms with E-state index >= 15 is 0 Å². The van der Waals surface area contributed by atoms with Crippen LogP contribution in [0, 0.1) is 0 Å². The van der Waals surface area contributed by atoms with Crippen LogP contribution in [-0.4, -0.2) is 30.6 Å². The van der Waals surface area contributed by atoms with E-state index in [2.05, 4.69) is 10.6 Å². The molecule has 0 aromatic heterocycles. The zero-order valence-electron chi connectivity index (χ0n) is 12.5. The largest absolute Gasteiger partial charge is 0.484 e. The highest BCUT2D eigenvalue weighted by Crippen LogP contribution is 2.31. The number of hydrogen-bond acceptors (Lipinski definition) is 3. The molecule has 2 unspecified atom stereocenters. The molecule has 1 aromatic rings. The average Bonchev–Trinajstić information content (AvgIpc) is 2.83. The summed E-state index contributed by atoms with van der Waals surface area (Å²) >= 11 is 0. The highest BCUT2D eigenvalue weighted by molar-refractivity contribution is 5.77. The number of piperidine rings is 1. The normalized spacial score (nSPS) is 26.8. The van der Waals surface area contributed by atoms with Gasteiger partial charge in [-0.1, -0.05) is 6.07 Å². The lowest BCUT2D eigenvalue weighted by atomic mass is 10.00. The van der Waals surface area contributed by atoms with E-state index < -0.39 is 11.7 Å². The number of hydrogen-bond donors (Lipinski definition) is 2. The Bertz CT molecular complexity index is 565. The Morgan fingerprint density at radius 3 is 2.61 bits per heavy atom. The second-order valence-electron chi connectivity index (χ2n) is 6.19. The Morgan fingerprint density at radius 2 is 1.96 bits per heavy atom. The van der Waals surface area contributed by atoms with E-state index in [0.717, 1.165) is 37.8 Å². The second kappa shape index (κ2) is 6.39. The van der Waals surface area contributed by atoms with E-state index in [0.29, 0.717) is 12.1 Å². The summed E-state index contributed by atoms with van der Waals surface area (Å²) in [5, 5.41) is 6.39. The first-order valence-electron chi connectivity index (χ1n) is 7.75. The maximum absolute atomic E-state index is 12.6. The summed E-state index contributed by atoms with van der Waals surface area (Å²) in [5.74, 6) is -0.255. The van der Waals surface area contributed by atoms with E-state index in [1.54, 1.807) is 0 Å². The predicted molar refractivity (Wildman–Crippen MR) is 78.0 cm³/mol. The number of amides is 1. The van der Waals surface area contributed by atoms with Crippen LogP contribution in [0.2, 0.25) is 0 Å². The molecule has 4 nitrogen and oxygen atoms in total. The number of carbonyl (C=O) groups excluding carboxylic acids is 1. The Labute approximate surface area is 132 Å². The first-order valence-corrected chi connectivity index (χ1v) is 7.75. The summed E-state index contributed by atoms with van der Waals surface area (Å²) in [6.07, 6.45) is -0.358. The summed E-state index contributed by atoms with van der Waals surface area (Å²) in [5.41, 5.74) is -0.787. The average molecular weight is 328 g/mol. The molecule has 23 heavy (non-hydrogen) atoms. The molecule has 2 atom stereocenters. The summed E-state index contributed by atoms with van der Waals surface area (Å²) in [6, 6.07) is 5.59. The summed E-state index contributed by atoms with van der Waals surface area (Å²) in [4.78, 5) is 11.9. The van der Waals surface area contributed by atoms with Crippen LogP contribution >= 0.6 is 0 Å². The van der Waals surface area contributed by atoms with Crippen molar-refractivity contribution in [2.45, 2.75) is 50.0 Å². The van der Waals surface area contributed by atoms with Gasteiger partial charge in [-0.05, 0) is 43.9 Å².